The van der Waals surface area contributed by atoms with Crippen LogP contribution in [0.5, 0.6) is 17.2 Å². The van der Waals surface area contributed by atoms with E-state index in [0.29, 0.717) is 46.3 Å². The maximum absolute atomic E-state index is 13.3. The Kier molecular flexibility index (Phi) is 7.73. The quantitative estimate of drug-likeness (QED) is 0.206. The lowest BCUT2D eigenvalue weighted by atomic mass is 10.1. The maximum Gasteiger partial charge on any atom is 0.573 e. The number of nitrogens with zero attached hydrogens (tertiary/aromatic N) is 2. The first kappa shape index (κ1) is 25.4. The molecule has 1 aromatic heterocycles. The lowest BCUT2D eigenvalue weighted by molar-refractivity contribution is -0.274. The van der Waals surface area contributed by atoms with E-state index in [4.69, 9.17) is 14.5 Å². The Balaban J connectivity index is 1.58. The number of halogens is 3. The Morgan fingerprint density at radius 2 is 1.61 bits per heavy atom. The van der Waals surface area contributed by atoms with Crippen molar-refractivity contribution in [2.75, 3.05) is 14.2 Å². The van der Waals surface area contributed by atoms with Gasteiger partial charge in [-0.15, -0.1) is 13.2 Å². The number of thioether (sulfide) groups is 1. The smallest absolute Gasteiger partial charge is 0.493 e. The molecule has 0 radical (unpaired) electrons. The van der Waals surface area contributed by atoms with Crippen molar-refractivity contribution >= 4 is 22.7 Å². The van der Waals surface area contributed by atoms with E-state index in [9.17, 15) is 18.0 Å². The minimum atomic E-state index is -4.74. The topological polar surface area (TPSA) is 62.6 Å². The first-order chi connectivity index (χ1) is 17.3. The molecular weight excluding hydrogens is 493 g/mol. The fraction of sp³-hybridized carbons (Fsp3) is 0.231. The Labute approximate surface area is 209 Å². The lowest BCUT2D eigenvalue weighted by Gasteiger charge is -2.14. The van der Waals surface area contributed by atoms with Crippen LogP contribution in [0.4, 0.5) is 13.2 Å². The Bertz CT molecular complexity index is 1410. The van der Waals surface area contributed by atoms with Gasteiger partial charge in [0, 0.05) is 12.3 Å². The van der Waals surface area contributed by atoms with Gasteiger partial charge in [0.25, 0.3) is 5.56 Å². The van der Waals surface area contributed by atoms with Crippen molar-refractivity contribution in [3.63, 3.8) is 0 Å². The molecule has 0 spiro atoms. The highest BCUT2D eigenvalue weighted by Gasteiger charge is 2.30. The molecule has 6 nitrogen and oxygen atoms in total. The Hall–Kier alpha value is -3.66. The predicted molar refractivity (Wildman–Crippen MR) is 132 cm³/mol. The summed E-state index contributed by atoms with van der Waals surface area (Å²) in [4.78, 5) is 18.0. The number of fused-ring (bicyclic) bond motifs is 1. The van der Waals surface area contributed by atoms with Crippen molar-refractivity contribution in [2.24, 2.45) is 0 Å². The summed E-state index contributed by atoms with van der Waals surface area (Å²) in [6.07, 6.45) is -4.19. The summed E-state index contributed by atoms with van der Waals surface area (Å²) in [6.45, 7) is 0.382. The molecule has 0 N–H and O–H groups in total. The molecule has 0 aliphatic carbocycles. The van der Waals surface area contributed by atoms with Gasteiger partial charge in [-0.05, 0) is 53.9 Å². The third kappa shape index (κ3) is 6.12. The van der Waals surface area contributed by atoms with Crippen molar-refractivity contribution in [1.29, 1.82) is 0 Å². The van der Waals surface area contributed by atoms with Crippen LogP contribution in [-0.4, -0.2) is 30.1 Å². The van der Waals surface area contributed by atoms with Crippen molar-refractivity contribution in [3.05, 3.63) is 88.2 Å². The largest absolute Gasteiger partial charge is 0.573 e. The zero-order valence-corrected chi connectivity index (χ0v) is 20.4. The molecule has 10 heteroatoms. The Morgan fingerprint density at radius 3 is 2.31 bits per heavy atom. The number of rotatable bonds is 9. The molecule has 1 heterocycles. The van der Waals surface area contributed by atoms with Gasteiger partial charge < -0.3 is 14.2 Å². The molecule has 3 aromatic carbocycles. The summed E-state index contributed by atoms with van der Waals surface area (Å²) in [5.41, 5.74) is 2.16. The number of alkyl halides is 3. The van der Waals surface area contributed by atoms with Crippen LogP contribution in [0, 0.1) is 0 Å². The second-order valence-electron chi connectivity index (χ2n) is 7.79. The molecule has 4 rings (SSSR count). The number of hydrogen-bond acceptors (Lipinski definition) is 6. The molecule has 0 unspecified atom stereocenters. The highest BCUT2D eigenvalue weighted by atomic mass is 32.2. The van der Waals surface area contributed by atoms with E-state index in [0.717, 1.165) is 11.1 Å². The van der Waals surface area contributed by atoms with Crippen LogP contribution in [0.1, 0.15) is 11.1 Å². The predicted octanol–water partition coefficient (Wildman–Crippen LogP) is 5.85. The summed E-state index contributed by atoms with van der Waals surface area (Å²) in [5, 5.41) is 1.04. The first-order valence-corrected chi connectivity index (χ1v) is 11.9. The summed E-state index contributed by atoms with van der Waals surface area (Å²) in [7, 11) is 3.13. The summed E-state index contributed by atoms with van der Waals surface area (Å²) < 4.78 is 53.5. The molecule has 0 saturated heterocycles. The average Bonchev–Trinajstić information content (AvgIpc) is 2.86. The van der Waals surface area contributed by atoms with Gasteiger partial charge in [-0.2, -0.15) is 0 Å². The molecule has 0 aliphatic heterocycles. The number of methoxy groups -OCH3 is 2. The molecule has 4 aromatic rings. The average molecular weight is 517 g/mol. The molecule has 0 aliphatic rings. The van der Waals surface area contributed by atoms with E-state index < -0.39 is 6.36 Å². The summed E-state index contributed by atoms with van der Waals surface area (Å²) in [6, 6.07) is 18.4. The fourth-order valence-electron chi connectivity index (χ4n) is 3.67. The normalized spacial score (nSPS) is 11.5. The number of benzene rings is 3. The van der Waals surface area contributed by atoms with Crippen LogP contribution in [-0.2, 0) is 18.7 Å². The van der Waals surface area contributed by atoms with Crippen LogP contribution >= 0.6 is 11.8 Å². The first-order valence-electron chi connectivity index (χ1n) is 11.0. The number of aryl methyl sites for hydroxylation is 1. The molecular formula is C26H23F3N2O4S. The molecule has 0 bridgehead atoms. The standard InChI is InChI=1S/C26H23F3N2O4S/c1-33-22-12-9-17(15-23(22)34-2)13-14-31-24(32)20-5-3-4-6-21(20)30-25(31)36-16-18-7-10-19(11-8-18)35-26(27,28)29/h3-12,15H,13-14,16H2,1-2H3. The molecule has 188 valence electrons. The highest BCUT2D eigenvalue weighted by molar-refractivity contribution is 7.98. The third-order valence-electron chi connectivity index (χ3n) is 5.42. The van der Waals surface area contributed by atoms with Gasteiger partial charge in [-0.1, -0.05) is 42.1 Å². The maximum atomic E-state index is 13.3. The van der Waals surface area contributed by atoms with Gasteiger partial charge in [-0.3, -0.25) is 9.36 Å². The third-order valence-corrected chi connectivity index (χ3v) is 6.47. The van der Waals surface area contributed by atoms with E-state index >= 15 is 0 Å². The van der Waals surface area contributed by atoms with Crippen molar-refractivity contribution in [2.45, 2.75) is 30.2 Å². The Morgan fingerprint density at radius 1 is 0.917 bits per heavy atom. The monoisotopic (exact) mass is 516 g/mol. The number of ether oxygens (including phenoxy) is 3. The SMILES string of the molecule is COc1ccc(CCn2c(SCc3ccc(OC(F)(F)F)cc3)nc3ccccc3c2=O)cc1OC. The summed E-state index contributed by atoms with van der Waals surface area (Å²) >= 11 is 1.34. The van der Waals surface area contributed by atoms with Gasteiger partial charge in [0.05, 0.1) is 25.1 Å². The number of aromatic nitrogens is 2. The molecule has 36 heavy (non-hydrogen) atoms. The van der Waals surface area contributed by atoms with Gasteiger partial charge in [0.1, 0.15) is 5.75 Å². The zero-order valence-electron chi connectivity index (χ0n) is 19.5. The minimum absolute atomic E-state index is 0.155. The van der Waals surface area contributed by atoms with E-state index in [2.05, 4.69) is 4.74 Å². The second kappa shape index (κ2) is 10.9. The second-order valence-corrected chi connectivity index (χ2v) is 8.73. The van der Waals surface area contributed by atoms with Crippen molar-refractivity contribution in [1.82, 2.24) is 9.55 Å². The van der Waals surface area contributed by atoms with E-state index in [1.807, 2.05) is 24.3 Å². The van der Waals surface area contributed by atoms with Crippen LogP contribution < -0.4 is 19.8 Å². The van der Waals surface area contributed by atoms with Gasteiger partial charge in [-0.25, -0.2) is 4.98 Å². The van der Waals surface area contributed by atoms with Crippen LogP contribution in [0.15, 0.2) is 76.7 Å². The van der Waals surface area contributed by atoms with Gasteiger partial charge in [0.15, 0.2) is 16.7 Å². The minimum Gasteiger partial charge on any atom is -0.493 e. The molecule has 0 fully saturated rings. The van der Waals surface area contributed by atoms with Gasteiger partial charge in [0.2, 0.25) is 0 Å². The van der Waals surface area contributed by atoms with E-state index in [1.165, 1.54) is 23.9 Å². The van der Waals surface area contributed by atoms with Crippen molar-refractivity contribution < 1.29 is 27.4 Å². The van der Waals surface area contributed by atoms with Gasteiger partial charge >= 0.3 is 6.36 Å². The van der Waals surface area contributed by atoms with Crippen molar-refractivity contribution in [3.8, 4) is 17.2 Å². The van der Waals surface area contributed by atoms with E-state index in [1.54, 1.807) is 49.1 Å². The van der Waals surface area contributed by atoms with Crippen LogP contribution in [0.2, 0.25) is 0 Å². The lowest BCUT2D eigenvalue weighted by Crippen LogP contribution is -2.24. The molecule has 0 atom stereocenters. The molecule has 0 amide bonds. The fourth-order valence-corrected chi connectivity index (χ4v) is 4.65. The number of hydrogen-bond donors (Lipinski definition) is 0. The summed E-state index contributed by atoms with van der Waals surface area (Å²) in [5.74, 6) is 1.35. The van der Waals surface area contributed by atoms with Crippen LogP contribution in [0.3, 0.4) is 0 Å². The molecule has 0 saturated carbocycles. The highest BCUT2D eigenvalue weighted by Crippen LogP contribution is 2.29. The van der Waals surface area contributed by atoms with Crippen LogP contribution in [0.25, 0.3) is 10.9 Å². The zero-order chi connectivity index (χ0) is 25.7. The number of para-hydroxylation sites is 1. The van der Waals surface area contributed by atoms with E-state index in [-0.39, 0.29) is 11.3 Å².